The van der Waals surface area contributed by atoms with Crippen LogP contribution >= 0.6 is 0 Å². The lowest BCUT2D eigenvalue weighted by molar-refractivity contribution is 0.0490. The number of urea groups is 1. The van der Waals surface area contributed by atoms with Crippen LogP contribution in [-0.2, 0) is 4.74 Å². The Labute approximate surface area is 84.6 Å². The molecule has 0 unspecified atom stereocenters. The summed E-state index contributed by atoms with van der Waals surface area (Å²) in [6.07, 6.45) is 3.46. The van der Waals surface area contributed by atoms with Gasteiger partial charge in [0.05, 0.1) is 13.2 Å². The van der Waals surface area contributed by atoms with Gasteiger partial charge < -0.3 is 15.0 Å². The van der Waals surface area contributed by atoms with Crippen molar-refractivity contribution in [3.63, 3.8) is 0 Å². The molecule has 1 saturated carbocycles. The average Bonchev–Trinajstić information content (AvgIpc) is 2.17. The molecule has 2 aliphatic rings. The largest absolute Gasteiger partial charge is 0.378 e. The van der Waals surface area contributed by atoms with Gasteiger partial charge >= 0.3 is 6.03 Å². The van der Waals surface area contributed by atoms with Crippen LogP contribution in [-0.4, -0.2) is 42.8 Å². The van der Waals surface area contributed by atoms with E-state index >= 15 is 0 Å². The Bertz CT molecular complexity index is 220. The monoisotopic (exact) mass is 198 g/mol. The highest BCUT2D eigenvalue weighted by Crippen LogP contribution is 2.31. The van der Waals surface area contributed by atoms with Crippen LogP contribution in [0.1, 0.15) is 26.2 Å². The second-order valence-corrected chi connectivity index (χ2v) is 4.44. The molecule has 1 aliphatic heterocycles. The van der Waals surface area contributed by atoms with Crippen LogP contribution in [0.3, 0.4) is 0 Å². The fourth-order valence-corrected chi connectivity index (χ4v) is 1.94. The summed E-state index contributed by atoms with van der Waals surface area (Å²) in [6.45, 7) is 4.91. The highest BCUT2D eigenvalue weighted by Gasteiger charge is 2.34. The summed E-state index contributed by atoms with van der Waals surface area (Å²) in [5.74, 6) is 0. The number of nitrogens with zero attached hydrogens (tertiary/aromatic N) is 1. The molecule has 1 aliphatic carbocycles. The van der Waals surface area contributed by atoms with Crippen molar-refractivity contribution < 1.29 is 9.53 Å². The molecule has 14 heavy (non-hydrogen) atoms. The van der Waals surface area contributed by atoms with Crippen LogP contribution in [0.15, 0.2) is 0 Å². The third kappa shape index (κ3) is 2.00. The molecule has 0 spiro atoms. The van der Waals surface area contributed by atoms with E-state index in [2.05, 4.69) is 12.2 Å². The summed E-state index contributed by atoms with van der Waals surface area (Å²) >= 11 is 0. The van der Waals surface area contributed by atoms with Crippen molar-refractivity contribution >= 4 is 6.03 Å². The zero-order valence-electron chi connectivity index (χ0n) is 8.71. The van der Waals surface area contributed by atoms with Gasteiger partial charge in [-0.2, -0.15) is 0 Å². The SMILES string of the molecule is CC1(NC(=O)N2CCOCC2)CCC1. The van der Waals surface area contributed by atoms with E-state index in [4.69, 9.17) is 4.74 Å². The molecule has 2 amide bonds. The van der Waals surface area contributed by atoms with E-state index in [1.165, 1.54) is 6.42 Å². The lowest BCUT2D eigenvalue weighted by Gasteiger charge is -2.41. The third-order valence-corrected chi connectivity index (χ3v) is 3.16. The zero-order chi connectivity index (χ0) is 10.0. The number of rotatable bonds is 1. The molecule has 0 aromatic carbocycles. The Morgan fingerprint density at radius 1 is 1.36 bits per heavy atom. The second-order valence-electron chi connectivity index (χ2n) is 4.44. The predicted octanol–water partition coefficient (Wildman–Crippen LogP) is 0.971. The topological polar surface area (TPSA) is 41.6 Å². The summed E-state index contributed by atoms with van der Waals surface area (Å²) in [5, 5.41) is 3.09. The molecule has 1 saturated heterocycles. The third-order valence-electron chi connectivity index (χ3n) is 3.16. The average molecular weight is 198 g/mol. The van der Waals surface area contributed by atoms with E-state index in [1.807, 2.05) is 4.90 Å². The van der Waals surface area contributed by atoms with Crippen LogP contribution in [0.5, 0.6) is 0 Å². The molecule has 1 N–H and O–H groups in total. The minimum Gasteiger partial charge on any atom is -0.378 e. The number of carbonyl (C=O) groups is 1. The Morgan fingerprint density at radius 2 is 2.00 bits per heavy atom. The highest BCUT2D eigenvalue weighted by molar-refractivity contribution is 5.75. The number of carbonyl (C=O) groups excluding carboxylic acids is 1. The Balaban J connectivity index is 1.81. The number of ether oxygens (including phenoxy) is 1. The number of hydrogen-bond acceptors (Lipinski definition) is 2. The van der Waals surface area contributed by atoms with Gasteiger partial charge in [-0.3, -0.25) is 0 Å². The standard InChI is InChI=1S/C10H18N2O2/c1-10(3-2-4-10)11-9(13)12-5-7-14-8-6-12/h2-8H2,1H3,(H,11,13). The molecular formula is C10H18N2O2. The summed E-state index contributed by atoms with van der Waals surface area (Å²) in [7, 11) is 0. The number of amides is 2. The van der Waals surface area contributed by atoms with Crippen LogP contribution in [0.4, 0.5) is 4.79 Å². The second kappa shape index (κ2) is 3.77. The first-order valence-corrected chi connectivity index (χ1v) is 5.34. The van der Waals surface area contributed by atoms with E-state index in [-0.39, 0.29) is 11.6 Å². The predicted molar refractivity (Wildman–Crippen MR) is 53.2 cm³/mol. The normalized spacial score (nSPS) is 25.4. The summed E-state index contributed by atoms with van der Waals surface area (Å²) in [5.41, 5.74) is 0.0649. The number of hydrogen-bond donors (Lipinski definition) is 1. The number of morpholine rings is 1. The molecule has 0 atom stereocenters. The smallest absolute Gasteiger partial charge is 0.317 e. The minimum absolute atomic E-state index is 0.0649. The molecule has 0 radical (unpaired) electrons. The maximum atomic E-state index is 11.8. The highest BCUT2D eigenvalue weighted by atomic mass is 16.5. The Morgan fingerprint density at radius 3 is 2.50 bits per heavy atom. The zero-order valence-corrected chi connectivity index (χ0v) is 8.71. The summed E-state index contributed by atoms with van der Waals surface area (Å²) in [4.78, 5) is 13.6. The van der Waals surface area contributed by atoms with Crippen molar-refractivity contribution in [2.45, 2.75) is 31.7 Å². The van der Waals surface area contributed by atoms with Gasteiger partial charge in [-0.15, -0.1) is 0 Å². The Hall–Kier alpha value is -0.770. The van der Waals surface area contributed by atoms with Crippen molar-refractivity contribution in [2.24, 2.45) is 0 Å². The molecule has 2 rings (SSSR count). The Kier molecular flexibility index (Phi) is 2.63. The molecular weight excluding hydrogens is 180 g/mol. The fourth-order valence-electron chi connectivity index (χ4n) is 1.94. The molecule has 4 heteroatoms. The van der Waals surface area contributed by atoms with Gasteiger partial charge in [-0.1, -0.05) is 0 Å². The maximum absolute atomic E-state index is 11.8. The van der Waals surface area contributed by atoms with Gasteiger partial charge in [0, 0.05) is 18.6 Å². The van der Waals surface area contributed by atoms with Gasteiger partial charge in [0.1, 0.15) is 0 Å². The van der Waals surface area contributed by atoms with Gasteiger partial charge in [-0.05, 0) is 26.2 Å². The molecule has 0 aromatic rings. The van der Waals surface area contributed by atoms with Gasteiger partial charge in [0.15, 0.2) is 0 Å². The van der Waals surface area contributed by atoms with Gasteiger partial charge in [0.2, 0.25) is 0 Å². The van der Waals surface area contributed by atoms with Crippen LogP contribution < -0.4 is 5.32 Å². The quantitative estimate of drug-likeness (QED) is 0.682. The van der Waals surface area contributed by atoms with Crippen LogP contribution in [0.25, 0.3) is 0 Å². The molecule has 0 aromatic heterocycles. The lowest BCUT2D eigenvalue weighted by Crippen LogP contribution is -2.56. The number of nitrogens with one attached hydrogen (secondary N) is 1. The molecule has 80 valence electrons. The van der Waals surface area contributed by atoms with Crippen LogP contribution in [0, 0.1) is 0 Å². The first-order chi connectivity index (χ1) is 6.70. The first kappa shape index (κ1) is 9.77. The summed E-state index contributed by atoms with van der Waals surface area (Å²) in [6, 6.07) is 0.0792. The molecule has 4 nitrogen and oxygen atoms in total. The lowest BCUT2D eigenvalue weighted by atomic mass is 9.79. The molecule has 1 heterocycles. The first-order valence-electron chi connectivity index (χ1n) is 5.34. The van der Waals surface area contributed by atoms with Crippen molar-refractivity contribution in [3.05, 3.63) is 0 Å². The maximum Gasteiger partial charge on any atom is 0.317 e. The minimum atomic E-state index is 0.0649. The van der Waals surface area contributed by atoms with E-state index in [0.29, 0.717) is 13.2 Å². The van der Waals surface area contributed by atoms with Gasteiger partial charge in [-0.25, -0.2) is 4.79 Å². The van der Waals surface area contributed by atoms with Crippen LogP contribution in [0.2, 0.25) is 0 Å². The molecule has 2 fully saturated rings. The van der Waals surface area contributed by atoms with Gasteiger partial charge in [0.25, 0.3) is 0 Å². The van der Waals surface area contributed by atoms with Crippen molar-refractivity contribution in [2.75, 3.05) is 26.3 Å². The van der Waals surface area contributed by atoms with E-state index in [1.54, 1.807) is 0 Å². The molecule has 0 bridgehead atoms. The fraction of sp³-hybridized carbons (Fsp3) is 0.900. The van der Waals surface area contributed by atoms with E-state index in [0.717, 1.165) is 25.9 Å². The van der Waals surface area contributed by atoms with Crippen molar-refractivity contribution in [1.29, 1.82) is 0 Å². The van der Waals surface area contributed by atoms with E-state index in [9.17, 15) is 4.79 Å². The van der Waals surface area contributed by atoms with Crippen molar-refractivity contribution in [3.8, 4) is 0 Å². The van der Waals surface area contributed by atoms with Crippen molar-refractivity contribution in [1.82, 2.24) is 10.2 Å². The van der Waals surface area contributed by atoms with E-state index < -0.39 is 0 Å². The summed E-state index contributed by atoms with van der Waals surface area (Å²) < 4.78 is 5.20.